The lowest BCUT2D eigenvalue weighted by atomic mass is 10.0. The fourth-order valence-electron chi connectivity index (χ4n) is 2.25. The summed E-state index contributed by atoms with van der Waals surface area (Å²) in [5.74, 6) is -0.766. The molecule has 2 aromatic rings. The van der Waals surface area contributed by atoms with Crippen LogP contribution in [-0.4, -0.2) is 17.1 Å². The van der Waals surface area contributed by atoms with Gasteiger partial charge in [-0.25, -0.2) is 4.39 Å². The SMILES string of the molecule is CC(C)CC(NCc1ccc(-c2ccccc2F)s1)C(=O)O. The molecular weight excluding hydrogens is 301 g/mol. The van der Waals surface area contributed by atoms with Crippen molar-refractivity contribution in [3.8, 4) is 10.4 Å². The first-order valence-corrected chi connectivity index (χ1v) is 8.09. The van der Waals surface area contributed by atoms with Gasteiger partial charge in [-0.05, 0) is 30.5 Å². The molecule has 0 fully saturated rings. The molecule has 0 saturated carbocycles. The average molecular weight is 321 g/mol. The molecule has 0 spiro atoms. The van der Waals surface area contributed by atoms with Gasteiger partial charge >= 0.3 is 5.97 Å². The third-order valence-electron chi connectivity index (χ3n) is 3.33. The van der Waals surface area contributed by atoms with Gasteiger partial charge in [0.25, 0.3) is 0 Å². The van der Waals surface area contributed by atoms with Crippen molar-refractivity contribution in [1.82, 2.24) is 5.32 Å². The molecule has 1 heterocycles. The lowest BCUT2D eigenvalue weighted by molar-refractivity contribution is -0.140. The van der Waals surface area contributed by atoms with E-state index in [1.165, 1.54) is 17.4 Å². The highest BCUT2D eigenvalue weighted by atomic mass is 32.1. The second kappa shape index (κ2) is 7.51. The van der Waals surface area contributed by atoms with Gasteiger partial charge in [0.1, 0.15) is 11.9 Å². The van der Waals surface area contributed by atoms with Crippen LogP contribution in [0.1, 0.15) is 25.1 Å². The molecule has 1 aromatic heterocycles. The molecule has 0 saturated heterocycles. The molecule has 2 rings (SSSR count). The zero-order chi connectivity index (χ0) is 16.1. The molecule has 22 heavy (non-hydrogen) atoms. The fraction of sp³-hybridized carbons (Fsp3) is 0.353. The van der Waals surface area contributed by atoms with Crippen molar-refractivity contribution in [2.24, 2.45) is 5.92 Å². The molecule has 0 radical (unpaired) electrons. The summed E-state index contributed by atoms with van der Waals surface area (Å²) in [4.78, 5) is 13.1. The number of rotatable bonds is 7. The molecule has 0 amide bonds. The number of halogens is 1. The Balaban J connectivity index is 2.03. The van der Waals surface area contributed by atoms with E-state index in [4.69, 9.17) is 0 Å². The minimum absolute atomic E-state index is 0.243. The summed E-state index contributed by atoms with van der Waals surface area (Å²) in [6.45, 7) is 4.47. The number of benzene rings is 1. The van der Waals surface area contributed by atoms with E-state index in [1.54, 1.807) is 18.2 Å². The van der Waals surface area contributed by atoms with E-state index in [-0.39, 0.29) is 5.82 Å². The van der Waals surface area contributed by atoms with Crippen LogP contribution in [0.2, 0.25) is 0 Å². The summed E-state index contributed by atoms with van der Waals surface area (Å²) < 4.78 is 13.8. The number of thiophene rings is 1. The van der Waals surface area contributed by atoms with E-state index >= 15 is 0 Å². The summed E-state index contributed by atoms with van der Waals surface area (Å²) in [7, 11) is 0. The maximum atomic E-state index is 13.8. The summed E-state index contributed by atoms with van der Waals surface area (Å²) in [6, 6.07) is 9.88. The Bertz CT molecular complexity index is 639. The minimum atomic E-state index is -0.834. The van der Waals surface area contributed by atoms with Crippen LogP contribution in [-0.2, 0) is 11.3 Å². The Hall–Kier alpha value is -1.72. The molecule has 3 nitrogen and oxygen atoms in total. The normalized spacial score (nSPS) is 12.5. The Labute approximate surface area is 133 Å². The van der Waals surface area contributed by atoms with Gasteiger partial charge in [-0.2, -0.15) is 0 Å². The maximum Gasteiger partial charge on any atom is 0.320 e. The second-order valence-corrected chi connectivity index (χ2v) is 6.82. The van der Waals surface area contributed by atoms with Crippen LogP contribution >= 0.6 is 11.3 Å². The molecule has 0 aliphatic rings. The molecule has 1 aromatic carbocycles. The first kappa shape index (κ1) is 16.6. The number of nitrogens with one attached hydrogen (secondary N) is 1. The van der Waals surface area contributed by atoms with Crippen molar-refractivity contribution in [3.63, 3.8) is 0 Å². The third kappa shape index (κ3) is 4.39. The van der Waals surface area contributed by atoms with E-state index in [9.17, 15) is 14.3 Å². The zero-order valence-electron chi connectivity index (χ0n) is 12.7. The predicted molar refractivity (Wildman–Crippen MR) is 87.4 cm³/mol. The first-order chi connectivity index (χ1) is 10.5. The molecule has 5 heteroatoms. The number of hydrogen-bond donors (Lipinski definition) is 2. The lowest BCUT2D eigenvalue weighted by Crippen LogP contribution is -2.37. The molecule has 2 N–H and O–H groups in total. The van der Waals surface area contributed by atoms with E-state index in [1.807, 2.05) is 26.0 Å². The van der Waals surface area contributed by atoms with E-state index < -0.39 is 12.0 Å². The third-order valence-corrected chi connectivity index (χ3v) is 4.45. The van der Waals surface area contributed by atoms with Crippen molar-refractivity contribution in [2.45, 2.75) is 32.9 Å². The van der Waals surface area contributed by atoms with Gasteiger partial charge in [-0.3, -0.25) is 10.1 Å². The quantitative estimate of drug-likeness (QED) is 0.805. The standard InChI is InChI=1S/C17H20FNO2S/c1-11(2)9-15(17(20)21)19-10-12-7-8-16(22-12)13-5-3-4-6-14(13)18/h3-8,11,15,19H,9-10H2,1-2H3,(H,20,21). The second-order valence-electron chi connectivity index (χ2n) is 5.65. The minimum Gasteiger partial charge on any atom is -0.480 e. The molecule has 1 atom stereocenters. The maximum absolute atomic E-state index is 13.8. The van der Waals surface area contributed by atoms with Crippen molar-refractivity contribution in [1.29, 1.82) is 0 Å². The van der Waals surface area contributed by atoms with Crippen LogP contribution in [0.4, 0.5) is 4.39 Å². The number of hydrogen-bond acceptors (Lipinski definition) is 3. The van der Waals surface area contributed by atoms with Crippen molar-refractivity contribution in [3.05, 3.63) is 47.1 Å². The predicted octanol–water partition coefficient (Wildman–Crippen LogP) is 4.14. The molecule has 0 aliphatic carbocycles. The first-order valence-electron chi connectivity index (χ1n) is 7.27. The Morgan fingerprint density at radius 3 is 2.64 bits per heavy atom. The van der Waals surface area contributed by atoms with Crippen LogP contribution in [0, 0.1) is 11.7 Å². The van der Waals surface area contributed by atoms with Crippen molar-refractivity contribution >= 4 is 17.3 Å². The average Bonchev–Trinajstić information content (AvgIpc) is 2.92. The Morgan fingerprint density at radius 1 is 1.27 bits per heavy atom. The number of carboxylic acids is 1. The summed E-state index contributed by atoms with van der Waals surface area (Å²) >= 11 is 1.48. The van der Waals surface area contributed by atoms with Gasteiger partial charge < -0.3 is 5.11 Å². The van der Waals surface area contributed by atoms with E-state index in [0.29, 0.717) is 24.4 Å². The van der Waals surface area contributed by atoms with Gasteiger partial charge in [0, 0.05) is 21.9 Å². The van der Waals surface area contributed by atoms with Crippen LogP contribution in [0.25, 0.3) is 10.4 Å². The number of carbonyl (C=O) groups is 1. The Morgan fingerprint density at radius 2 is 2.00 bits per heavy atom. The van der Waals surface area contributed by atoms with Crippen LogP contribution in [0.3, 0.4) is 0 Å². The van der Waals surface area contributed by atoms with Crippen LogP contribution < -0.4 is 5.32 Å². The zero-order valence-corrected chi connectivity index (χ0v) is 13.5. The van der Waals surface area contributed by atoms with Gasteiger partial charge in [-0.15, -0.1) is 11.3 Å². The van der Waals surface area contributed by atoms with Gasteiger partial charge in [0.2, 0.25) is 0 Å². The molecular formula is C17H20FNO2S. The lowest BCUT2D eigenvalue weighted by Gasteiger charge is -2.15. The van der Waals surface area contributed by atoms with E-state index in [2.05, 4.69) is 5.32 Å². The molecule has 118 valence electrons. The van der Waals surface area contributed by atoms with Gasteiger partial charge in [0.15, 0.2) is 0 Å². The highest BCUT2D eigenvalue weighted by molar-refractivity contribution is 7.15. The summed E-state index contributed by atoms with van der Waals surface area (Å²) in [6.07, 6.45) is 0.584. The molecule has 0 aliphatic heterocycles. The largest absolute Gasteiger partial charge is 0.480 e. The highest BCUT2D eigenvalue weighted by Gasteiger charge is 2.18. The van der Waals surface area contributed by atoms with Gasteiger partial charge in [0.05, 0.1) is 0 Å². The highest BCUT2D eigenvalue weighted by Crippen LogP contribution is 2.30. The van der Waals surface area contributed by atoms with Gasteiger partial charge in [-0.1, -0.05) is 32.0 Å². The summed E-state index contributed by atoms with van der Waals surface area (Å²) in [5, 5.41) is 12.3. The smallest absolute Gasteiger partial charge is 0.320 e. The number of carboxylic acid groups (broad SMARTS) is 1. The van der Waals surface area contributed by atoms with Crippen LogP contribution in [0.5, 0.6) is 0 Å². The Kier molecular flexibility index (Phi) is 5.69. The van der Waals surface area contributed by atoms with Crippen molar-refractivity contribution in [2.75, 3.05) is 0 Å². The topological polar surface area (TPSA) is 49.3 Å². The monoisotopic (exact) mass is 321 g/mol. The fourth-order valence-corrected chi connectivity index (χ4v) is 3.23. The molecule has 1 unspecified atom stereocenters. The van der Waals surface area contributed by atoms with E-state index in [0.717, 1.165) is 9.75 Å². The summed E-state index contributed by atoms with van der Waals surface area (Å²) in [5.41, 5.74) is 0.579. The van der Waals surface area contributed by atoms with Crippen molar-refractivity contribution < 1.29 is 14.3 Å². The molecule has 0 bridgehead atoms. The number of aliphatic carboxylic acids is 1. The van der Waals surface area contributed by atoms with Crippen LogP contribution in [0.15, 0.2) is 36.4 Å².